The van der Waals surface area contributed by atoms with E-state index >= 15 is 0 Å². The summed E-state index contributed by atoms with van der Waals surface area (Å²) in [6.07, 6.45) is 3.13. The molecule has 0 spiro atoms. The Morgan fingerprint density at radius 2 is 2.09 bits per heavy atom. The van der Waals surface area contributed by atoms with Crippen LogP contribution in [0.25, 0.3) is 0 Å². The highest BCUT2D eigenvalue weighted by Gasteiger charge is 2.55. The SMILES string of the molecule is C=CCC1(SCCCCC)C(=O)NC(=O)N(C(=O)OC)C1=O. The first-order valence-corrected chi connectivity index (χ1v) is 7.96. The zero-order chi connectivity index (χ0) is 16.8. The van der Waals surface area contributed by atoms with Crippen LogP contribution in [0, 0.1) is 0 Å². The van der Waals surface area contributed by atoms with E-state index in [0.29, 0.717) is 10.7 Å². The molecule has 7 nitrogen and oxygen atoms in total. The van der Waals surface area contributed by atoms with E-state index < -0.39 is 28.7 Å². The van der Waals surface area contributed by atoms with Crippen molar-refractivity contribution in [2.45, 2.75) is 37.4 Å². The van der Waals surface area contributed by atoms with Crippen molar-refractivity contribution >= 4 is 35.7 Å². The first-order chi connectivity index (χ1) is 10.4. The molecule has 1 saturated heterocycles. The van der Waals surface area contributed by atoms with Crippen LogP contribution in [0.2, 0.25) is 0 Å². The van der Waals surface area contributed by atoms with Crippen molar-refractivity contribution in [1.29, 1.82) is 0 Å². The molecule has 0 aromatic heterocycles. The van der Waals surface area contributed by atoms with Gasteiger partial charge in [-0.1, -0.05) is 25.8 Å². The number of hydrogen-bond donors (Lipinski definition) is 1. The lowest BCUT2D eigenvalue weighted by Gasteiger charge is -2.36. The Morgan fingerprint density at radius 1 is 1.41 bits per heavy atom. The minimum absolute atomic E-state index is 0.0230. The van der Waals surface area contributed by atoms with Crippen LogP contribution in [-0.4, -0.2) is 46.4 Å². The maximum atomic E-state index is 12.6. The van der Waals surface area contributed by atoms with Crippen LogP contribution in [0.4, 0.5) is 9.59 Å². The quantitative estimate of drug-likeness (QED) is 0.437. The summed E-state index contributed by atoms with van der Waals surface area (Å²) in [5.74, 6) is -1.04. The number of imide groups is 4. The van der Waals surface area contributed by atoms with Crippen LogP contribution < -0.4 is 5.32 Å². The molecule has 0 saturated carbocycles. The topological polar surface area (TPSA) is 92.8 Å². The summed E-state index contributed by atoms with van der Waals surface area (Å²) in [6, 6.07) is -1.09. The molecule has 1 atom stereocenters. The lowest BCUT2D eigenvalue weighted by Crippen LogP contribution is -2.67. The highest BCUT2D eigenvalue weighted by molar-refractivity contribution is 8.02. The van der Waals surface area contributed by atoms with Crippen LogP contribution >= 0.6 is 11.8 Å². The van der Waals surface area contributed by atoms with Gasteiger partial charge in [0, 0.05) is 0 Å². The van der Waals surface area contributed by atoms with Crippen molar-refractivity contribution in [3.05, 3.63) is 12.7 Å². The summed E-state index contributed by atoms with van der Waals surface area (Å²) in [4.78, 5) is 48.5. The number of amides is 5. The number of nitrogens with one attached hydrogen (secondary N) is 1. The molecule has 0 aromatic rings. The Balaban J connectivity index is 3.07. The molecule has 22 heavy (non-hydrogen) atoms. The van der Waals surface area contributed by atoms with E-state index in [1.165, 1.54) is 6.08 Å². The number of rotatable bonds is 7. The Bertz CT molecular complexity index is 494. The van der Waals surface area contributed by atoms with E-state index in [2.05, 4.69) is 11.3 Å². The van der Waals surface area contributed by atoms with Gasteiger partial charge in [0.1, 0.15) is 0 Å². The van der Waals surface area contributed by atoms with Crippen molar-refractivity contribution in [2.24, 2.45) is 0 Å². The first-order valence-electron chi connectivity index (χ1n) is 6.97. The average Bonchev–Trinajstić information content (AvgIpc) is 2.48. The summed E-state index contributed by atoms with van der Waals surface area (Å²) in [5, 5.41) is 2.05. The molecule has 0 aromatic carbocycles. The second-order valence-corrected chi connectivity index (χ2v) is 6.14. The molecule has 1 heterocycles. The van der Waals surface area contributed by atoms with E-state index in [1.807, 2.05) is 12.2 Å². The van der Waals surface area contributed by atoms with Gasteiger partial charge in [0.05, 0.1) is 7.11 Å². The third-order valence-electron chi connectivity index (χ3n) is 3.22. The van der Waals surface area contributed by atoms with E-state index in [9.17, 15) is 19.2 Å². The summed E-state index contributed by atoms with van der Waals surface area (Å²) in [7, 11) is 1.06. The molecule has 1 aliphatic heterocycles. The van der Waals surface area contributed by atoms with Crippen LogP contribution in [-0.2, 0) is 14.3 Å². The smallest absolute Gasteiger partial charge is 0.424 e. The summed E-state index contributed by atoms with van der Waals surface area (Å²) in [6.45, 7) is 5.60. The van der Waals surface area contributed by atoms with Gasteiger partial charge in [0.15, 0.2) is 4.75 Å². The zero-order valence-corrected chi connectivity index (χ0v) is 13.5. The molecule has 122 valence electrons. The summed E-state index contributed by atoms with van der Waals surface area (Å²) >= 11 is 1.12. The van der Waals surface area contributed by atoms with Gasteiger partial charge in [0.25, 0.3) is 11.8 Å². The molecule has 5 amide bonds. The van der Waals surface area contributed by atoms with Gasteiger partial charge >= 0.3 is 12.1 Å². The van der Waals surface area contributed by atoms with Gasteiger partial charge in [-0.2, -0.15) is 4.90 Å². The fourth-order valence-electron chi connectivity index (χ4n) is 2.05. The second-order valence-electron chi connectivity index (χ2n) is 4.75. The number of barbiturate groups is 1. The number of hydrogen-bond acceptors (Lipinski definition) is 6. The second kappa shape index (κ2) is 7.98. The monoisotopic (exact) mass is 328 g/mol. The third-order valence-corrected chi connectivity index (χ3v) is 4.74. The van der Waals surface area contributed by atoms with Crippen LogP contribution in [0.1, 0.15) is 32.6 Å². The molecule has 1 fully saturated rings. The molecular weight excluding hydrogens is 308 g/mol. The number of urea groups is 1. The molecule has 1 N–H and O–H groups in total. The van der Waals surface area contributed by atoms with Gasteiger partial charge in [-0.15, -0.1) is 18.3 Å². The largest absolute Gasteiger partial charge is 0.452 e. The fraction of sp³-hybridized carbons (Fsp3) is 0.571. The van der Waals surface area contributed by atoms with Crippen molar-refractivity contribution in [3.63, 3.8) is 0 Å². The predicted molar refractivity (Wildman–Crippen MR) is 82.3 cm³/mol. The van der Waals surface area contributed by atoms with Gasteiger partial charge in [-0.3, -0.25) is 14.9 Å². The molecule has 1 aliphatic rings. The highest BCUT2D eigenvalue weighted by Crippen LogP contribution is 2.35. The van der Waals surface area contributed by atoms with E-state index in [1.54, 1.807) is 0 Å². The molecular formula is C14H20N2O5S. The maximum absolute atomic E-state index is 12.6. The molecule has 8 heteroatoms. The van der Waals surface area contributed by atoms with Crippen molar-refractivity contribution in [3.8, 4) is 0 Å². The van der Waals surface area contributed by atoms with Crippen LogP contribution in [0.3, 0.4) is 0 Å². The number of thioether (sulfide) groups is 1. The van der Waals surface area contributed by atoms with Gasteiger partial charge in [-0.05, 0) is 18.6 Å². The van der Waals surface area contributed by atoms with Crippen molar-refractivity contribution in [1.82, 2.24) is 10.2 Å². The predicted octanol–water partition coefficient (Wildman–Crippen LogP) is 2.07. The molecule has 1 rings (SSSR count). The standard InChI is InChI=1S/C14H20N2O5S/c1-4-6-7-9-22-14(8-5-2)10(17)15-12(19)16(11(14)18)13(20)21-3/h5H,2,4,6-9H2,1,3H3,(H,15,17,19). The van der Waals surface area contributed by atoms with E-state index in [4.69, 9.17) is 0 Å². The summed E-state index contributed by atoms with van der Waals surface area (Å²) < 4.78 is 2.88. The first kappa shape index (κ1) is 18.2. The molecule has 0 radical (unpaired) electrons. The van der Waals surface area contributed by atoms with Gasteiger partial charge in [0.2, 0.25) is 0 Å². The number of ether oxygens (including phenoxy) is 1. The van der Waals surface area contributed by atoms with Gasteiger partial charge in [-0.25, -0.2) is 9.59 Å². The minimum atomic E-state index is -1.56. The number of nitrogens with zero attached hydrogens (tertiary/aromatic N) is 1. The number of methoxy groups -OCH3 is 1. The lowest BCUT2D eigenvalue weighted by atomic mass is 9.99. The Labute approximate surface area is 133 Å². The number of allylic oxidation sites excluding steroid dienone is 1. The Morgan fingerprint density at radius 3 is 2.64 bits per heavy atom. The van der Waals surface area contributed by atoms with Crippen LogP contribution in [0.15, 0.2) is 12.7 Å². The van der Waals surface area contributed by atoms with Crippen LogP contribution in [0.5, 0.6) is 0 Å². The zero-order valence-electron chi connectivity index (χ0n) is 12.7. The lowest BCUT2D eigenvalue weighted by molar-refractivity contribution is -0.138. The molecule has 0 bridgehead atoms. The highest BCUT2D eigenvalue weighted by atomic mass is 32.2. The fourth-order valence-corrected chi connectivity index (χ4v) is 3.38. The Hall–Kier alpha value is -1.83. The van der Waals surface area contributed by atoms with E-state index in [-0.39, 0.29) is 6.42 Å². The number of carbonyl (C=O) groups excluding carboxylic acids is 4. The number of unbranched alkanes of at least 4 members (excludes halogenated alkanes) is 2. The molecule has 0 aliphatic carbocycles. The van der Waals surface area contributed by atoms with Crippen molar-refractivity contribution in [2.75, 3.05) is 12.9 Å². The molecule has 1 unspecified atom stereocenters. The van der Waals surface area contributed by atoms with Crippen molar-refractivity contribution < 1.29 is 23.9 Å². The minimum Gasteiger partial charge on any atom is -0.452 e. The third kappa shape index (κ3) is 3.49. The average molecular weight is 328 g/mol. The normalized spacial score (nSPS) is 21.5. The van der Waals surface area contributed by atoms with E-state index in [0.717, 1.165) is 38.1 Å². The maximum Gasteiger partial charge on any atom is 0.424 e. The number of carbonyl (C=O) groups is 4. The Kier molecular flexibility index (Phi) is 6.61. The van der Waals surface area contributed by atoms with Gasteiger partial charge < -0.3 is 4.74 Å². The summed E-state index contributed by atoms with van der Waals surface area (Å²) in [5.41, 5.74) is 0.